The van der Waals surface area contributed by atoms with Gasteiger partial charge in [0.15, 0.2) is 0 Å². The minimum absolute atomic E-state index is 0.0757. The second kappa shape index (κ2) is 6.13. The van der Waals surface area contributed by atoms with Gasteiger partial charge in [-0.15, -0.1) is 0 Å². The third-order valence-corrected chi connectivity index (χ3v) is 5.14. The number of aryl methyl sites for hydroxylation is 1. The zero-order chi connectivity index (χ0) is 15.6. The fraction of sp³-hybridized carbons (Fsp3) is 0.500. The molecular weight excluding hydrogens is 292 g/mol. The molecule has 0 saturated carbocycles. The normalized spacial score (nSPS) is 14.3. The summed E-state index contributed by atoms with van der Waals surface area (Å²) in [4.78, 5) is 13.4. The fourth-order valence-electron chi connectivity index (χ4n) is 2.51. The summed E-state index contributed by atoms with van der Waals surface area (Å²) in [6, 6.07) is 3.44. The molecule has 0 spiro atoms. The molecule has 116 valence electrons. The van der Waals surface area contributed by atoms with Crippen LogP contribution in [0, 0.1) is 6.92 Å². The summed E-state index contributed by atoms with van der Waals surface area (Å²) in [5.74, 6) is -0.0757. The van der Waals surface area contributed by atoms with Crippen LogP contribution in [0.25, 0.3) is 0 Å². The van der Waals surface area contributed by atoms with Crippen molar-refractivity contribution in [3.8, 4) is 0 Å². The maximum Gasteiger partial charge on any atom is 0.240 e. The van der Waals surface area contributed by atoms with E-state index >= 15 is 0 Å². The number of sulfonamides is 1. The van der Waals surface area contributed by atoms with Gasteiger partial charge < -0.3 is 9.64 Å². The van der Waals surface area contributed by atoms with Crippen LogP contribution in [0.2, 0.25) is 0 Å². The van der Waals surface area contributed by atoms with Crippen molar-refractivity contribution in [2.24, 2.45) is 0 Å². The molecule has 0 saturated heterocycles. The van der Waals surface area contributed by atoms with Crippen LogP contribution in [0.5, 0.6) is 0 Å². The topological polar surface area (TPSA) is 75.7 Å². The zero-order valence-electron chi connectivity index (χ0n) is 12.5. The molecule has 21 heavy (non-hydrogen) atoms. The number of hydrogen-bond acceptors (Lipinski definition) is 4. The molecule has 6 nitrogen and oxygen atoms in total. The zero-order valence-corrected chi connectivity index (χ0v) is 13.3. The molecule has 1 amide bonds. The Morgan fingerprint density at radius 1 is 1.43 bits per heavy atom. The maximum absolute atomic E-state index is 12.3. The summed E-state index contributed by atoms with van der Waals surface area (Å²) in [6.07, 6.45) is 0.757. The number of carbonyl (C=O) groups excluding carboxylic acids is 1. The Morgan fingerprint density at radius 2 is 2.14 bits per heavy atom. The number of rotatable bonds is 5. The van der Waals surface area contributed by atoms with Gasteiger partial charge in [0.25, 0.3) is 0 Å². The van der Waals surface area contributed by atoms with Crippen LogP contribution in [0.1, 0.15) is 18.1 Å². The van der Waals surface area contributed by atoms with Crippen molar-refractivity contribution in [1.82, 2.24) is 4.72 Å². The van der Waals surface area contributed by atoms with Gasteiger partial charge in [0, 0.05) is 32.8 Å². The lowest BCUT2D eigenvalue weighted by Gasteiger charge is -2.17. The summed E-state index contributed by atoms with van der Waals surface area (Å²) in [6.45, 7) is 4.38. The van der Waals surface area contributed by atoms with E-state index in [2.05, 4.69) is 4.72 Å². The molecule has 1 aliphatic heterocycles. The smallest absolute Gasteiger partial charge is 0.240 e. The van der Waals surface area contributed by atoms with Crippen molar-refractivity contribution >= 4 is 21.6 Å². The Hall–Kier alpha value is -1.44. The molecule has 1 aromatic rings. The summed E-state index contributed by atoms with van der Waals surface area (Å²) in [5.41, 5.74) is 2.39. The van der Waals surface area contributed by atoms with Gasteiger partial charge in [-0.25, -0.2) is 13.1 Å². The standard InChI is InChI=1S/C14H20N2O4S/c1-10-8-12-4-6-16(11(2)17)13(12)9-14(10)21(18,19)15-5-7-20-3/h8-9,15H,4-7H2,1-3H3. The van der Waals surface area contributed by atoms with Gasteiger partial charge in [-0.3, -0.25) is 4.79 Å². The van der Waals surface area contributed by atoms with Crippen molar-refractivity contribution in [1.29, 1.82) is 0 Å². The van der Waals surface area contributed by atoms with E-state index in [0.717, 1.165) is 12.0 Å². The summed E-state index contributed by atoms with van der Waals surface area (Å²) in [7, 11) is -2.09. The van der Waals surface area contributed by atoms with Crippen molar-refractivity contribution < 1.29 is 17.9 Å². The molecular formula is C14H20N2O4S. The van der Waals surface area contributed by atoms with Gasteiger partial charge in [0.05, 0.1) is 11.5 Å². The summed E-state index contributed by atoms with van der Waals surface area (Å²) >= 11 is 0. The lowest BCUT2D eigenvalue weighted by molar-refractivity contribution is -0.116. The summed E-state index contributed by atoms with van der Waals surface area (Å²) < 4.78 is 32.0. The molecule has 0 fully saturated rings. The number of carbonyl (C=O) groups is 1. The van der Waals surface area contributed by atoms with Crippen LogP contribution in [0.4, 0.5) is 5.69 Å². The van der Waals surface area contributed by atoms with Crippen molar-refractivity contribution in [3.63, 3.8) is 0 Å². The number of hydrogen-bond donors (Lipinski definition) is 1. The fourth-order valence-corrected chi connectivity index (χ4v) is 3.77. The van der Waals surface area contributed by atoms with Gasteiger partial charge in [0.2, 0.25) is 15.9 Å². The van der Waals surface area contributed by atoms with Gasteiger partial charge in [0.1, 0.15) is 0 Å². The van der Waals surface area contributed by atoms with E-state index in [4.69, 9.17) is 4.74 Å². The van der Waals surface area contributed by atoms with E-state index in [1.54, 1.807) is 17.9 Å². The highest BCUT2D eigenvalue weighted by atomic mass is 32.2. The number of methoxy groups -OCH3 is 1. The van der Waals surface area contributed by atoms with E-state index < -0.39 is 10.0 Å². The monoisotopic (exact) mass is 312 g/mol. The third-order valence-electron chi connectivity index (χ3n) is 3.54. The highest BCUT2D eigenvalue weighted by Crippen LogP contribution is 2.32. The molecule has 0 aromatic heterocycles. The Labute approximate surface area is 125 Å². The predicted octanol–water partition coefficient (Wildman–Crippen LogP) is 0.829. The first-order valence-electron chi connectivity index (χ1n) is 6.77. The van der Waals surface area contributed by atoms with Crippen LogP contribution in [0.3, 0.4) is 0 Å². The van der Waals surface area contributed by atoms with Gasteiger partial charge in [-0.2, -0.15) is 0 Å². The number of amides is 1. The molecule has 0 bridgehead atoms. The first-order valence-corrected chi connectivity index (χ1v) is 8.25. The molecule has 1 aromatic carbocycles. The quantitative estimate of drug-likeness (QED) is 0.817. The molecule has 1 heterocycles. The number of anilines is 1. The Kier molecular flexibility index (Phi) is 4.65. The van der Waals surface area contributed by atoms with E-state index in [0.29, 0.717) is 24.4 Å². The number of nitrogens with one attached hydrogen (secondary N) is 1. The average molecular weight is 312 g/mol. The second-order valence-electron chi connectivity index (χ2n) is 5.06. The van der Waals surface area contributed by atoms with E-state index in [-0.39, 0.29) is 17.3 Å². The number of nitrogens with zero attached hydrogens (tertiary/aromatic N) is 1. The molecule has 0 radical (unpaired) electrons. The number of fused-ring (bicyclic) bond motifs is 1. The molecule has 2 rings (SSSR count). The van der Waals surface area contributed by atoms with E-state index in [1.165, 1.54) is 14.0 Å². The Balaban J connectivity index is 2.37. The number of benzene rings is 1. The van der Waals surface area contributed by atoms with Crippen LogP contribution >= 0.6 is 0 Å². The highest BCUT2D eigenvalue weighted by Gasteiger charge is 2.26. The van der Waals surface area contributed by atoms with E-state index in [9.17, 15) is 13.2 Å². The lowest BCUT2D eigenvalue weighted by Crippen LogP contribution is -2.29. The van der Waals surface area contributed by atoms with E-state index in [1.807, 2.05) is 6.07 Å². The molecule has 0 unspecified atom stereocenters. The van der Waals surface area contributed by atoms with Crippen molar-refractivity contribution in [3.05, 3.63) is 23.3 Å². The lowest BCUT2D eigenvalue weighted by atomic mass is 10.1. The Bertz CT molecular complexity index is 655. The van der Waals surface area contributed by atoms with Gasteiger partial charge in [-0.05, 0) is 30.5 Å². The van der Waals surface area contributed by atoms with Crippen LogP contribution in [0.15, 0.2) is 17.0 Å². The molecule has 1 aliphatic rings. The molecule has 0 aliphatic carbocycles. The molecule has 7 heteroatoms. The first kappa shape index (κ1) is 15.9. The molecule has 0 atom stereocenters. The van der Waals surface area contributed by atoms with Crippen molar-refractivity contribution in [2.75, 3.05) is 31.7 Å². The SMILES string of the molecule is COCCNS(=O)(=O)c1cc2c(cc1C)CCN2C(C)=O. The summed E-state index contributed by atoms with van der Waals surface area (Å²) in [5, 5.41) is 0. The largest absolute Gasteiger partial charge is 0.383 e. The number of ether oxygens (including phenoxy) is 1. The molecule has 1 N–H and O–H groups in total. The second-order valence-corrected chi connectivity index (χ2v) is 6.79. The highest BCUT2D eigenvalue weighted by molar-refractivity contribution is 7.89. The van der Waals surface area contributed by atoms with Crippen LogP contribution in [-0.2, 0) is 26.0 Å². The maximum atomic E-state index is 12.3. The van der Waals surface area contributed by atoms with Crippen LogP contribution in [-0.4, -0.2) is 41.1 Å². The third kappa shape index (κ3) is 3.25. The van der Waals surface area contributed by atoms with Crippen molar-refractivity contribution in [2.45, 2.75) is 25.2 Å². The Morgan fingerprint density at radius 3 is 2.76 bits per heavy atom. The predicted molar refractivity (Wildman–Crippen MR) is 80.0 cm³/mol. The minimum atomic E-state index is -3.60. The van der Waals surface area contributed by atoms with Gasteiger partial charge >= 0.3 is 0 Å². The average Bonchev–Trinajstić information content (AvgIpc) is 2.80. The van der Waals surface area contributed by atoms with Gasteiger partial charge in [-0.1, -0.05) is 6.07 Å². The first-order chi connectivity index (χ1) is 9.86. The minimum Gasteiger partial charge on any atom is -0.383 e. The van der Waals surface area contributed by atoms with Crippen LogP contribution < -0.4 is 9.62 Å².